The molecule has 1 aliphatic heterocycles. The van der Waals surface area contributed by atoms with E-state index in [4.69, 9.17) is 4.52 Å². The Morgan fingerprint density at radius 1 is 1.44 bits per heavy atom. The molecule has 0 amide bonds. The highest BCUT2D eigenvalue weighted by Crippen LogP contribution is 2.36. The fourth-order valence-corrected chi connectivity index (χ4v) is 2.62. The zero-order valence-electron chi connectivity index (χ0n) is 5.89. The van der Waals surface area contributed by atoms with E-state index in [1.54, 1.807) is 0 Å². The van der Waals surface area contributed by atoms with E-state index < -0.39 is 0 Å². The van der Waals surface area contributed by atoms with Crippen LogP contribution in [0, 0.1) is 0 Å². The topological polar surface area (TPSA) is 21.3 Å². The predicted octanol–water partition coefficient (Wildman–Crippen LogP) is 1.02. The highest BCUT2D eigenvalue weighted by Gasteiger charge is 2.11. The lowest BCUT2D eigenvalue weighted by atomic mass is 10.6. The summed E-state index contributed by atoms with van der Waals surface area (Å²) in [5, 5.41) is 3.31. The third-order valence-corrected chi connectivity index (χ3v) is 3.46. The monoisotopic (exact) mass is 147 g/mol. The van der Waals surface area contributed by atoms with Crippen LogP contribution >= 0.6 is 8.15 Å². The smallest absolute Gasteiger partial charge is 0.0480 e. The van der Waals surface area contributed by atoms with Gasteiger partial charge in [-0.25, -0.2) is 0 Å². The van der Waals surface area contributed by atoms with Crippen molar-refractivity contribution in [3.05, 3.63) is 0 Å². The second kappa shape index (κ2) is 4.21. The van der Waals surface area contributed by atoms with Crippen molar-refractivity contribution in [2.24, 2.45) is 0 Å². The van der Waals surface area contributed by atoms with E-state index in [0.29, 0.717) is 0 Å². The molecular formula is C6H14NOP. The number of nitrogens with one attached hydrogen (secondary N) is 1. The Hall–Kier alpha value is 0.350. The van der Waals surface area contributed by atoms with Crippen LogP contribution in [-0.2, 0) is 4.52 Å². The molecule has 2 nitrogen and oxygen atoms in total. The van der Waals surface area contributed by atoms with Crippen molar-refractivity contribution in [3.63, 3.8) is 0 Å². The van der Waals surface area contributed by atoms with Gasteiger partial charge in [0.2, 0.25) is 0 Å². The fourth-order valence-electron chi connectivity index (χ4n) is 0.956. The van der Waals surface area contributed by atoms with Crippen molar-refractivity contribution in [2.75, 3.05) is 32.0 Å². The Kier molecular flexibility index (Phi) is 3.49. The SMILES string of the molecule is CCOP1CCNCC1. The molecule has 0 spiro atoms. The van der Waals surface area contributed by atoms with Crippen LogP contribution in [-0.4, -0.2) is 32.0 Å². The second-order valence-corrected chi connectivity index (χ2v) is 4.21. The van der Waals surface area contributed by atoms with Crippen LogP contribution in [0.25, 0.3) is 0 Å². The van der Waals surface area contributed by atoms with Crippen LogP contribution in [0.5, 0.6) is 0 Å². The van der Waals surface area contributed by atoms with E-state index in [1.165, 1.54) is 12.3 Å². The molecule has 1 rings (SSSR count). The van der Waals surface area contributed by atoms with Crippen LogP contribution in [0.3, 0.4) is 0 Å². The van der Waals surface area contributed by atoms with Gasteiger partial charge >= 0.3 is 0 Å². The molecule has 0 aromatic heterocycles. The van der Waals surface area contributed by atoms with Gasteiger partial charge in [0.15, 0.2) is 0 Å². The largest absolute Gasteiger partial charge is 0.359 e. The van der Waals surface area contributed by atoms with Crippen LogP contribution in [0.15, 0.2) is 0 Å². The maximum Gasteiger partial charge on any atom is 0.0480 e. The third-order valence-electron chi connectivity index (χ3n) is 1.39. The minimum atomic E-state index is -0.0343. The predicted molar refractivity (Wildman–Crippen MR) is 41.1 cm³/mol. The molecule has 0 bridgehead atoms. The lowest BCUT2D eigenvalue weighted by Gasteiger charge is -2.21. The van der Waals surface area contributed by atoms with E-state index in [1.807, 2.05) is 0 Å². The molecule has 0 atom stereocenters. The van der Waals surface area contributed by atoms with Crippen LogP contribution in [0.4, 0.5) is 0 Å². The van der Waals surface area contributed by atoms with Gasteiger partial charge in [-0.2, -0.15) is 0 Å². The Morgan fingerprint density at radius 2 is 2.11 bits per heavy atom. The van der Waals surface area contributed by atoms with E-state index in [-0.39, 0.29) is 8.15 Å². The molecule has 1 aliphatic rings. The molecule has 1 saturated heterocycles. The summed E-state index contributed by atoms with van der Waals surface area (Å²) < 4.78 is 5.51. The summed E-state index contributed by atoms with van der Waals surface area (Å²) >= 11 is 0. The van der Waals surface area contributed by atoms with Gasteiger partial charge in [0, 0.05) is 40.2 Å². The van der Waals surface area contributed by atoms with Crippen LogP contribution in [0.2, 0.25) is 0 Å². The maximum absolute atomic E-state index is 5.51. The molecular weight excluding hydrogens is 133 g/mol. The molecule has 1 fully saturated rings. The van der Waals surface area contributed by atoms with Gasteiger partial charge in [-0.1, -0.05) is 0 Å². The van der Waals surface area contributed by atoms with Gasteiger partial charge in [-0.3, -0.25) is 0 Å². The van der Waals surface area contributed by atoms with Crippen LogP contribution in [0.1, 0.15) is 6.92 Å². The van der Waals surface area contributed by atoms with E-state index in [9.17, 15) is 0 Å². The van der Waals surface area contributed by atoms with Crippen molar-refractivity contribution in [1.82, 2.24) is 5.32 Å². The van der Waals surface area contributed by atoms with E-state index in [0.717, 1.165) is 19.7 Å². The molecule has 0 saturated carbocycles. The average molecular weight is 147 g/mol. The van der Waals surface area contributed by atoms with E-state index >= 15 is 0 Å². The quantitative estimate of drug-likeness (QED) is 0.589. The summed E-state index contributed by atoms with van der Waals surface area (Å²) in [6.07, 6.45) is 2.51. The Morgan fingerprint density at radius 3 is 2.67 bits per heavy atom. The number of rotatable bonds is 2. The molecule has 0 aromatic carbocycles. The highest BCUT2D eigenvalue weighted by atomic mass is 31.1. The molecule has 1 heterocycles. The molecule has 0 unspecified atom stereocenters. The van der Waals surface area contributed by atoms with Gasteiger partial charge in [-0.15, -0.1) is 0 Å². The van der Waals surface area contributed by atoms with Crippen molar-refractivity contribution >= 4 is 8.15 Å². The van der Waals surface area contributed by atoms with Gasteiger partial charge in [0.25, 0.3) is 0 Å². The maximum atomic E-state index is 5.51. The Bertz CT molecular complexity index is 70.7. The summed E-state index contributed by atoms with van der Waals surface area (Å²) in [5.74, 6) is 0. The van der Waals surface area contributed by atoms with Gasteiger partial charge in [0.1, 0.15) is 0 Å². The Balaban J connectivity index is 2.08. The van der Waals surface area contributed by atoms with Crippen molar-refractivity contribution in [2.45, 2.75) is 6.92 Å². The molecule has 1 N–H and O–H groups in total. The summed E-state index contributed by atoms with van der Waals surface area (Å²) in [4.78, 5) is 0. The van der Waals surface area contributed by atoms with Crippen molar-refractivity contribution in [1.29, 1.82) is 0 Å². The van der Waals surface area contributed by atoms with Gasteiger partial charge in [0.05, 0.1) is 0 Å². The lowest BCUT2D eigenvalue weighted by molar-refractivity contribution is 0.373. The number of hydrogen-bond acceptors (Lipinski definition) is 2. The molecule has 54 valence electrons. The summed E-state index contributed by atoms with van der Waals surface area (Å²) in [5.41, 5.74) is 0. The van der Waals surface area contributed by atoms with Gasteiger partial charge < -0.3 is 9.84 Å². The first kappa shape index (κ1) is 7.46. The first-order chi connectivity index (χ1) is 4.43. The third kappa shape index (κ3) is 2.61. The molecule has 3 heteroatoms. The minimum absolute atomic E-state index is 0.0343. The van der Waals surface area contributed by atoms with Crippen LogP contribution < -0.4 is 5.32 Å². The zero-order valence-corrected chi connectivity index (χ0v) is 6.79. The first-order valence-electron chi connectivity index (χ1n) is 3.52. The fraction of sp³-hybridized carbons (Fsp3) is 1.00. The van der Waals surface area contributed by atoms with Crippen molar-refractivity contribution < 1.29 is 4.52 Å². The summed E-state index contributed by atoms with van der Waals surface area (Å²) in [7, 11) is -0.0343. The average Bonchev–Trinajstić information content (AvgIpc) is 1.91. The molecule has 0 aliphatic carbocycles. The van der Waals surface area contributed by atoms with Crippen molar-refractivity contribution in [3.8, 4) is 0 Å². The lowest BCUT2D eigenvalue weighted by Crippen LogP contribution is -2.27. The highest BCUT2D eigenvalue weighted by molar-refractivity contribution is 7.52. The Labute approximate surface area is 57.8 Å². The zero-order chi connectivity index (χ0) is 6.53. The summed E-state index contributed by atoms with van der Waals surface area (Å²) in [6.45, 7) is 5.29. The molecule has 0 aromatic rings. The molecule has 0 radical (unpaired) electrons. The second-order valence-electron chi connectivity index (χ2n) is 2.10. The van der Waals surface area contributed by atoms with Gasteiger partial charge in [-0.05, 0) is 6.92 Å². The minimum Gasteiger partial charge on any atom is -0.359 e. The summed E-state index contributed by atoms with van der Waals surface area (Å²) in [6, 6.07) is 0. The van der Waals surface area contributed by atoms with E-state index in [2.05, 4.69) is 12.2 Å². The first-order valence-corrected chi connectivity index (χ1v) is 5.15. The normalized spacial score (nSPS) is 22.3. The molecule has 9 heavy (non-hydrogen) atoms. The standard InChI is InChI=1S/C6H14NOP/c1-2-8-9-5-3-7-4-6-9/h7H,2-6H2,1H3. The number of hydrogen-bond donors (Lipinski definition) is 1.